The first kappa shape index (κ1) is 21.7. The van der Waals surface area contributed by atoms with Crippen molar-refractivity contribution >= 4 is 27.3 Å². The smallest absolute Gasteiger partial charge is 0.223 e. The maximum absolute atomic E-state index is 13.6. The van der Waals surface area contributed by atoms with E-state index in [0.717, 1.165) is 25.9 Å². The normalized spacial score (nSPS) is 22.0. The van der Waals surface area contributed by atoms with Crippen LogP contribution < -0.4 is 0 Å². The van der Waals surface area contributed by atoms with Crippen LogP contribution in [0.1, 0.15) is 54.7 Å². The summed E-state index contributed by atoms with van der Waals surface area (Å²) in [4.78, 5) is 18.4. The molecule has 5 rings (SSSR count). The van der Waals surface area contributed by atoms with E-state index >= 15 is 0 Å². The molecule has 2 saturated heterocycles. The first-order chi connectivity index (χ1) is 15.7. The van der Waals surface area contributed by atoms with Crippen LogP contribution in [0.4, 0.5) is 0 Å². The lowest BCUT2D eigenvalue weighted by molar-refractivity contribution is -0.135. The van der Waals surface area contributed by atoms with Crippen molar-refractivity contribution in [3.63, 3.8) is 0 Å². The number of carbonyl (C=O) groups is 1. The van der Waals surface area contributed by atoms with Crippen LogP contribution in [0.2, 0.25) is 0 Å². The summed E-state index contributed by atoms with van der Waals surface area (Å²) in [6.07, 6.45) is 6.31. The minimum atomic E-state index is 0.290. The summed E-state index contributed by atoms with van der Waals surface area (Å²) in [5.74, 6) is 0.779. The van der Waals surface area contributed by atoms with Crippen LogP contribution in [0.25, 0.3) is 10.1 Å². The highest BCUT2D eigenvalue weighted by Gasteiger charge is 2.36. The molecule has 0 N–H and O–H groups in total. The Kier molecular flexibility index (Phi) is 6.61. The van der Waals surface area contributed by atoms with Crippen LogP contribution in [0.5, 0.6) is 0 Å². The lowest BCUT2D eigenvalue weighted by atomic mass is 9.83. The van der Waals surface area contributed by atoms with Gasteiger partial charge < -0.3 is 9.80 Å². The number of carbonyl (C=O) groups excluding carboxylic acids is 1. The van der Waals surface area contributed by atoms with Gasteiger partial charge in [-0.25, -0.2) is 0 Å². The summed E-state index contributed by atoms with van der Waals surface area (Å²) in [6, 6.07) is 17.9. The topological polar surface area (TPSA) is 23.6 Å². The van der Waals surface area contributed by atoms with Gasteiger partial charge in [0.1, 0.15) is 0 Å². The average Bonchev–Trinajstić information content (AvgIpc) is 3.48. The highest BCUT2D eigenvalue weighted by atomic mass is 32.1. The third-order valence-corrected chi connectivity index (χ3v) is 8.40. The molecule has 2 aromatic carbocycles. The number of rotatable bonds is 6. The van der Waals surface area contributed by atoms with Crippen LogP contribution in [0, 0.1) is 6.92 Å². The molecule has 0 unspecified atom stereocenters. The van der Waals surface area contributed by atoms with Gasteiger partial charge in [0.25, 0.3) is 0 Å². The molecular weight excluding hydrogens is 412 g/mol. The van der Waals surface area contributed by atoms with E-state index in [-0.39, 0.29) is 0 Å². The summed E-state index contributed by atoms with van der Waals surface area (Å²) < 4.78 is 1.33. The van der Waals surface area contributed by atoms with Crippen molar-refractivity contribution < 1.29 is 4.79 Å². The summed E-state index contributed by atoms with van der Waals surface area (Å²) in [6.45, 7) is 6.43. The quantitative estimate of drug-likeness (QED) is 0.463. The molecule has 2 fully saturated rings. The third-order valence-electron chi connectivity index (χ3n) is 7.39. The number of hydrogen-bond donors (Lipinski definition) is 0. The van der Waals surface area contributed by atoms with Crippen molar-refractivity contribution in [2.24, 2.45) is 0 Å². The monoisotopic (exact) mass is 446 g/mol. The summed E-state index contributed by atoms with van der Waals surface area (Å²) in [5, 5.41) is 3.58. The minimum Gasteiger partial charge on any atom is -0.338 e. The Morgan fingerprint density at radius 1 is 1.03 bits per heavy atom. The molecule has 2 atom stereocenters. The average molecular weight is 447 g/mol. The second-order valence-electron chi connectivity index (χ2n) is 9.58. The Bertz CT molecular complexity index is 1050. The molecule has 3 aromatic rings. The second kappa shape index (κ2) is 9.76. The second-order valence-corrected chi connectivity index (χ2v) is 10.5. The van der Waals surface area contributed by atoms with Gasteiger partial charge in [-0.15, -0.1) is 11.3 Å². The largest absolute Gasteiger partial charge is 0.338 e. The van der Waals surface area contributed by atoms with E-state index in [2.05, 4.69) is 70.6 Å². The maximum Gasteiger partial charge on any atom is 0.223 e. The Balaban J connectivity index is 1.34. The van der Waals surface area contributed by atoms with Gasteiger partial charge in [0.15, 0.2) is 0 Å². The molecule has 168 valence electrons. The van der Waals surface area contributed by atoms with Gasteiger partial charge in [-0.05, 0) is 80.1 Å². The number of likely N-dealkylation sites (tertiary alicyclic amines) is 2. The predicted molar refractivity (Wildman–Crippen MR) is 134 cm³/mol. The van der Waals surface area contributed by atoms with E-state index in [0.29, 0.717) is 24.3 Å². The molecule has 3 heterocycles. The van der Waals surface area contributed by atoms with E-state index in [9.17, 15) is 4.79 Å². The molecule has 0 saturated carbocycles. The van der Waals surface area contributed by atoms with E-state index in [4.69, 9.17) is 0 Å². The summed E-state index contributed by atoms with van der Waals surface area (Å²) in [5.41, 5.74) is 4.01. The van der Waals surface area contributed by atoms with Crippen LogP contribution >= 0.6 is 11.3 Å². The number of fused-ring (bicyclic) bond motifs is 1. The molecule has 0 spiro atoms. The van der Waals surface area contributed by atoms with Crippen LogP contribution in [-0.2, 0) is 11.2 Å². The number of aryl methyl sites for hydroxylation is 2. The molecular formula is C28H34N2OS. The van der Waals surface area contributed by atoms with Gasteiger partial charge in [0.05, 0.1) is 6.04 Å². The van der Waals surface area contributed by atoms with Crippen molar-refractivity contribution in [2.75, 3.05) is 26.2 Å². The van der Waals surface area contributed by atoms with Gasteiger partial charge in [0, 0.05) is 30.1 Å². The zero-order chi connectivity index (χ0) is 21.9. The molecule has 4 heteroatoms. The first-order valence-electron chi connectivity index (χ1n) is 12.2. The molecule has 2 aliphatic rings. The van der Waals surface area contributed by atoms with Crippen molar-refractivity contribution in [3.8, 4) is 0 Å². The molecule has 2 aliphatic heterocycles. The Hall–Kier alpha value is -2.17. The minimum absolute atomic E-state index is 0.290. The van der Waals surface area contributed by atoms with Crippen LogP contribution in [0.15, 0.2) is 53.9 Å². The fourth-order valence-corrected chi connectivity index (χ4v) is 6.66. The van der Waals surface area contributed by atoms with Gasteiger partial charge >= 0.3 is 0 Å². The molecule has 0 bridgehead atoms. The Morgan fingerprint density at radius 2 is 1.84 bits per heavy atom. The Morgan fingerprint density at radius 3 is 2.66 bits per heavy atom. The van der Waals surface area contributed by atoms with E-state index in [1.165, 1.54) is 59.1 Å². The number of benzene rings is 2. The molecule has 1 aromatic heterocycles. The van der Waals surface area contributed by atoms with E-state index in [1.807, 2.05) is 0 Å². The molecule has 3 nitrogen and oxygen atoms in total. The lowest BCUT2D eigenvalue weighted by Gasteiger charge is -2.43. The number of hydrogen-bond acceptors (Lipinski definition) is 3. The standard InChI is InChI=1S/C28H34N2OS/c1-21-11-13-27-25(18-21)23(20-32-27)12-14-28(31)30-17-7-10-24(22-8-3-2-4-9-22)26(30)19-29-15-5-6-16-29/h2-4,8-9,11,13,18,20,24,26H,5-7,10,12,14-17,19H2,1H3/t24-,26+/m1/s1. The third kappa shape index (κ3) is 4.62. The molecule has 0 radical (unpaired) electrons. The fourth-order valence-electron chi connectivity index (χ4n) is 5.69. The van der Waals surface area contributed by atoms with Crippen molar-refractivity contribution in [2.45, 2.75) is 57.4 Å². The lowest BCUT2D eigenvalue weighted by Crippen LogP contribution is -2.52. The highest BCUT2D eigenvalue weighted by molar-refractivity contribution is 7.17. The number of amides is 1. The molecule has 1 amide bonds. The van der Waals surface area contributed by atoms with Crippen molar-refractivity contribution in [3.05, 3.63) is 70.6 Å². The van der Waals surface area contributed by atoms with E-state index in [1.54, 1.807) is 11.3 Å². The molecule has 32 heavy (non-hydrogen) atoms. The predicted octanol–water partition coefficient (Wildman–Crippen LogP) is 6.01. The fraction of sp³-hybridized carbons (Fsp3) is 0.464. The Labute approximate surface area is 196 Å². The highest BCUT2D eigenvalue weighted by Crippen LogP contribution is 2.35. The number of nitrogens with zero attached hydrogens (tertiary/aromatic N) is 2. The maximum atomic E-state index is 13.6. The van der Waals surface area contributed by atoms with E-state index < -0.39 is 0 Å². The van der Waals surface area contributed by atoms with Gasteiger partial charge in [-0.2, -0.15) is 0 Å². The zero-order valence-electron chi connectivity index (χ0n) is 19.1. The van der Waals surface area contributed by atoms with Crippen LogP contribution in [-0.4, -0.2) is 47.9 Å². The number of piperidine rings is 1. The summed E-state index contributed by atoms with van der Waals surface area (Å²) in [7, 11) is 0. The van der Waals surface area contributed by atoms with Crippen molar-refractivity contribution in [1.82, 2.24) is 9.80 Å². The molecule has 0 aliphatic carbocycles. The summed E-state index contributed by atoms with van der Waals surface area (Å²) >= 11 is 1.80. The SMILES string of the molecule is Cc1ccc2scc(CCC(=O)N3CCC[C@H](c4ccccc4)[C@@H]3CN3CCCC3)c2c1. The van der Waals surface area contributed by atoms with Gasteiger partial charge in [0.2, 0.25) is 5.91 Å². The zero-order valence-corrected chi connectivity index (χ0v) is 19.9. The number of thiophene rings is 1. The van der Waals surface area contributed by atoms with Crippen molar-refractivity contribution in [1.29, 1.82) is 0 Å². The van der Waals surface area contributed by atoms with Gasteiger partial charge in [-0.3, -0.25) is 4.79 Å². The van der Waals surface area contributed by atoms with Crippen LogP contribution in [0.3, 0.4) is 0 Å². The first-order valence-corrected chi connectivity index (χ1v) is 13.1. The van der Waals surface area contributed by atoms with Gasteiger partial charge in [-0.1, -0.05) is 48.0 Å².